The van der Waals surface area contributed by atoms with Crippen LogP contribution >= 0.6 is 0 Å². The Hall–Kier alpha value is -1.84. The lowest BCUT2D eigenvalue weighted by Crippen LogP contribution is -2.39. The Labute approximate surface area is 99.2 Å². The first-order valence-electron chi connectivity index (χ1n) is 5.62. The average molecular weight is 234 g/mol. The summed E-state index contributed by atoms with van der Waals surface area (Å²) >= 11 is 0. The molecule has 0 saturated heterocycles. The maximum atomic E-state index is 11.6. The number of rotatable bonds is 4. The van der Waals surface area contributed by atoms with Crippen molar-refractivity contribution in [3.05, 3.63) is 35.9 Å². The van der Waals surface area contributed by atoms with Gasteiger partial charge in [0.25, 0.3) is 0 Å². The fraction of sp³-hybridized carbons (Fsp3) is 0.385. The predicted molar refractivity (Wildman–Crippen MR) is 60.1 cm³/mol. The van der Waals surface area contributed by atoms with Crippen molar-refractivity contribution in [2.45, 2.75) is 19.4 Å². The minimum absolute atomic E-state index is 0.211. The number of carboxylic acid groups (broad SMARTS) is 1. The van der Waals surface area contributed by atoms with E-state index in [1.165, 1.54) is 0 Å². The Balaban J connectivity index is 1.84. The van der Waals surface area contributed by atoms with Crippen molar-refractivity contribution >= 4 is 11.9 Å². The number of aliphatic carboxylic acids is 1. The van der Waals surface area contributed by atoms with Gasteiger partial charge in [0, 0.05) is 0 Å². The number of esters is 1. The Bertz CT molecular complexity index is 413. The van der Waals surface area contributed by atoms with E-state index < -0.39 is 23.8 Å². The van der Waals surface area contributed by atoms with Crippen LogP contribution in [-0.2, 0) is 20.9 Å². The molecule has 0 radical (unpaired) electrons. The second kappa shape index (κ2) is 4.99. The molecule has 2 rings (SSSR count). The van der Waals surface area contributed by atoms with Crippen LogP contribution in [0.2, 0.25) is 0 Å². The van der Waals surface area contributed by atoms with Crippen LogP contribution in [0.5, 0.6) is 0 Å². The molecule has 4 nitrogen and oxygen atoms in total. The molecule has 1 aromatic carbocycles. The Morgan fingerprint density at radius 1 is 1.18 bits per heavy atom. The number of carbonyl (C=O) groups excluding carboxylic acids is 1. The van der Waals surface area contributed by atoms with Gasteiger partial charge in [-0.05, 0) is 18.4 Å². The van der Waals surface area contributed by atoms with Gasteiger partial charge >= 0.3 is 11.9 Å². The number of benzene rings is 1. The van der Waals surface area contributed by atoms with Crippen LogP contribution in [-0.4, -0.2) is 17.0 Å². The highest BCUT2D eigenvalue weighted by molar-refractivity contribution is 5.82. The third-order valence-corrected chi connectivity index (χ3v) is 3.12. The van der Waals surface area contributed by atoms with Crippen LogP contribution < -0.4 is 0 Å². The maximum Gasteiger partial charge on any atom is 0.310 e. The van der Waals surface area contributed by atoms with Gasteiger partial charge in [-0.15, -0.1) is 0 Å². The van der Waals surface area contributed by atoms with Gasteiger partial charge in [-0.2, -0.15) is 0 Å². The van der Waals surface area contributed by atoms with Gasteiger partial charge in [-0.3, -0.25) is 9.59 Å². The first-order valence-corrected chi connectivity index (χ1v) is 5.62. The predicted octanol–water partition coefficient (Wildman–Crippen LogP) is 1.84. The normalized spacial score (nSPS) is 22.6. The van der Waals surface area contributed by atoms with Gasteiger partial charge in [0.15, 0.2) is 0 Å². The van der Waals surface area contributed by atoms with E-state index in [0.717, 1.165) is 5.56 Å². The zero-order chi connectivity index (χ0) is 12.3. The molecule has 2 atom stereocenters. The molecule has 4 heteroatoms. The first-order chi connectivity index (χ1) is 8.18. The second-order valence-corrected chi connectivity index (χ2v) is 4.22. The quantitative estimate of drug-likeness (QED) is 0.807. The van der Waals surface area contributed by atoms with Crippen LogP contribution in [0.25, 0.3) is 0 Å². The van der Waals surface area contributed by atoms with E-state index in [9.17, 15) is 9.59 Å². The standard InChI is InChI=1S/C13H14O4/c14-12(15)10-6-7-11(10)13(16)17-8-9-4-2-1-3-5-9/h1-5,10-11H,6-8H2,(H,14,15). The number of ether oxygens (including phenoxy) is 1. The second-order valence-electron chi connectivity index (χ2n) is 4.22. The molecule has 0 amide bonds. The van der Waals surface area contributed by atoms with Gasteiger partial charge in [-0.1, -0.05) is 30.3 Å². The summed E-state index contributed by atoms with van der Waals surface area (Å²) in [4.78, 5) is 22.4. The van der Waals surface area contributed by atoms with Gasteiger partial charge in [-0.25, -0.2) is 0 Å². The zero-order valence-corrected chi connectivity index (χ0v) is 9.33. The zero-order valence-electron chi connectivity index (χ0n) is 9.33. The van der Waals surface area contributed by atoms with E-state index in [-0.39, 0.29) is 6.61 Å². The fourth-order valence-corrected chi connectivity index (χ4v) is 1.91. The molecule has 1 N–H and O–H groups in total. The van der Waals surface area contributed by atoms with Crippen LogP contribution in [0.15, 0.2) is 30.3 Å². The molecule has 1 saturated carbocycles. The van der Waals surface area contributed by atoms with E-state index in [0.29, 0.717) is 12.8 Å². The third-order valence-electron chi connectivity index (χ3n) is 3.12. The van der Waals surface area contributed by atoms with Gasteiger partial charge in [0.05, 0.1) is 11.8 Å². The number of hydrogen-bond acceptors (Lipinski definition) is 3. The summed E-state index contributed by atoms with van der Waals surface area (Å²) in [6.45, 7) is 0.211. The summed E-state index contributed by atoms with van der Waals surface area (Å²) in [7, 11) is 0. The van der Waals surface area contributed by atoms with Gasteiger partial charge < -0.3 is 9.84 Å². The number of hydrogen-bond donors (Lipinski definition) is 1. The third kappa shape index (κ3) is 2.64. The molecule has 0 aliphatic heterocycles. The Morgan fingerprint density at radius 3 is 2.35 bits per heavy atom. The topological polar surface area (TPSA) is 63.6 Å². The molecule has 0 bridgehead atoms. The monoisotopic (exact) mass is 234 g/mol. The van der Waals surface area contributed by atoms with Crippen LogP contribution in [0.1, 0.15) is 18.4 Å². The van der Waals surface area contributed by atoms with Crippen molar-refractivity contribution in [2.75, 3.05) is 0 Å². The Morgan fingerprint density at radius 2 is 1.82 bits per heavy atom. The summed E-state index contributed by atoms with van der Waals surface area (Å²) in [5.41, 5.74) is 0.909. The SMILES string of the molecule is O=C(O)C1CCC1C(=O)OCc1ccccc1. The average Bonchev–Trinajstić information content (AvgIpc) is 2.25. The fourth-order valence-electron chi connectivity index (χ4n) is 1.91. The smallest absolute Gasteiger partial charge is 0.310 e. The summed E-state index contributed by atoms with van der Waals surface area (Å²) < 4.78 is 5.11. The lowest BCUT2D eigenvalue weighted by Gasteiger charge is -2.31. The molecule has 0 heterocycles. The molecule has 1 aliphatic rings. The van der Waals surface area contributed by atoms with Gasteiger partial charge in [0.2, 0.25) is 0 Å². The van der Waals surface area contributed by atoms with Crippen molar-refractivity contribution in [1.82, 2.24) is 0 Å². The summed E-state index contributed by atoms with van der Waals surface area (Å²) in [5.74, 6) is -2.32. The Kier molecular flexibility index (Phi) is 3.42. The molecule has 1 fully saturated rings. The number of carbonyl (C=O) groups is 2. The summed E-state index contributed by atoms with van der Waals surface area (Å²) in [5, 5.41) is 8.83. The molecular weight excluding hydrogens is 220 g/mol. The lowest BCUT2D eigenvalue weighted by atomic mass is 9.74. The van der Waals surface area contributed by atoms with E-state index in [1.54, 1.807) is 0 Å². The summed E-state index contributed by atoms with van der Waals surface area (Å²) in [6.07, 6.45) is 1.19. The molecule has 0 spiro atoms. The van der Waals surface area contributed by atoms with E-state index in [2.05, 4.69) is 0 Å². The van der Waals surface area contributed by atoms with Crippen molar-refractivity contribution in [1.29, 1.82) is 0 Å². The lowest BCUT2D eigenvalue weighted by molar-refractivity contribution is -0.165. The molecule has 90 valence electrons. The maximum absolute atomic E-state index is 11.6. The van der Waals surface area contributed by atoms with E-state index in [1.807, 2.05) is 30.3 Å². The molecule has 2 unspecified atom stereocenters. The van der Waals surface area contributed by atoms with Crippen molar-refractivity contribution < 1.29 is 19.4 Å². The molecule has 17 heavy (non-hydrogen) atoms. The van der Waals surface area contributed by atoms with E-state index in [4.69, 9.17) is 9.84 Å². The van der Waals surface area contributed by atoms with Crippen LogP contribution in [0.4, 0.5) is 0 Å². The largest absolute Gasteiger partial charge is 0.481 e. The minimum Gasteiger partial charge on any atom is -0.481 e. The highest BCUT2D eigenvalue weighted by Crippen LogP contribution is 2.35. The van der Waals surface area contributed by atoms with E-state index >= 15 is 0 Å². The highest BCUT2D eigenvalue weighted by atomic mass is 16.5. The summed E-state index contributed by atoms with van der Waals surface area (Å²) in [6, 6.07) is 9.35. The van der Waals surface area contributed by atoms with Crippen molar-refractivity contribution in [3.63, 3.8) is 0 Å². The molecule has 1 aromatic rings. The van der Waals surface area contributed by atoms with Crippen molar-refractivity contribution in [2.24, 2.45) is 11.8 Å². The van der Waals surface area contributed by atoms with Crippen LogP contribution in [0.3, 0.4) is 0 Å². The van der Waals surface area contributed by atoms with Crippen molar-refractivity contribution in [3.8, 4) is 0 Å². The molecular formula is C13H14O4. The highest BCUT2D eigenvalue weighted by Gasteiger charge is 2.42. The van der Waals surface area contributed by atoms with Gasteiger partial charge in [0.1, 0.15) is 6.61 Å². The minimum atomic E-state index is -0.905. The molecule has 0 aromatic heterocycles. The first kappa shape index (κ1) is 11.6. The molecule has 1 aliphatic carbocycles. The number of carboxylic acids is 1. The van der Waals surface area contributed by atoms with Crippen LogP contribution in [0, 0.1) is 11.8 Å².